The topological polar surface area (TPSA) is 58.6 Å². The number of esters is 1. The van der Waals surface area contributed by atoms with E-state index >= 15 is 0 Å². The lowest BCUT2D eigenvalue weighted by Gasteiger charge is -2.17. The number of aliphatic hydroxyl groups is 1. The maximum atomic E-state index is 11.4. The van der Waals surface area contributed by atoms with Crippen LogP contribution in [0.4, 0.5) is 0 Å². The van der Waals surface area contributed by atoms with Gasteiger partial charge in [0.05, 0.1) is 18.6 Å². The van der Waals surface area contributed by atoms with Crippen molar-refractivity contribution in [2.75, 3.05) is 19.7 Å². The molecule has 1 heterocycles. The Morgan fingerprint density at radius 2 is 2.00 bits per heavy atom. The van der Waals surface area contributed by atoms with Gasteiger partial charge in [-0.15, -0.1) is 0 Å². The van der Waals surface area contributed by atoms with Crippen LogP contribution in [0.5, 0.6) is 0 Å². The van der Waals surface area contributed by atoms with Gasteiger partial charge in [-0.2, -0.15) is 0 Å². The van der Waals surface area contributed by atoms with E-state index in [1.54, 1.807) is 6.92 Å². The van der Waals surface area contributed by atoms with Gasteiger partial charge in [-0.1, -0.05) is 13.8 Å². The van der Waals surface area contributed by atoms with Crippen LogP contribution in [0.25, 0.3) is 0 Å². The summed E-state index contributed by atoms with van der Waals surface area (Å²) in [5.41, 5.74) is 0. The highest BCUT2D eigenvalue weighted by atomic mass is 16.5. The second kappa shape index (κ2) is 8.68. The normalized spacial score (nSPS) is 25.9. The molecular formula is C11H23NO3. The molecule has 0 amide bonds. The summed E-state index contributed by atoms with van der Waals surface area (Å²) in [5, 5.41) is 12.7. The van der Waals surface area contributed by atoms with E-state index in [4.69, 9.17) is 4.74 Å². The lowest BCUT2D eigenvalue weighted by molar-refractivity contribution is -0.152. The Bertz CT molecular complexity index is 173. The maximum absolute atomic E-state index is 11.4. The van der Waals surface area contributed by atoms with Crippen LogP contribution in [-0.2, 0) is 9.53 Å². The van der Waals surface area contributed by atoms with E-state index in [0.29, 0.717) is 19.4 Å². The average molecular weight is 217 g/mol. The van der Waals surface area contributed by atoms with E-state index < -0.39 is 6.10 Å². The molecule has 1 aliphatic heterocycles. The Morgan fingerprint density at radius 3 is 2.60 bits per heavy atom. The van der Waals surface area contributed by atoms with Gasteiger partial charge >= 0.3 is 5.97 Å². The van der Waals surface area contributed by atoms with E-state index in [-0.39, 0.29) is 11.9 Å². The van der Waals surface area contributed by atoms with E-state index in [9.17, 15) is 9.90 Å². The smallest absolute Gasteiger partial charge is 0.311 e. The van der Waals surface area contributed by atoms with Crippen molar-refractivity contribution in [3.05, 3.63) is 0 Å². The molecule has 90 valence electrons. The van der Waals surface area contributed by atoms with Crippen molar-refractivity contribution >= 4 is 5.97 Å². The number of rotatable bonds is 2. The Morgan fingerprint density at radius 1 is 1.40 bits per heavy atom. The molecule has 15 heavy (non-hydrogen) atoms. The van der Waals surface area contributed by atoms with Gasteiger partial charge in [0.25, 0.3) is 0 Å². The highest BCUT2D eigenvalue weighted by Gasteiger charge is 2.28. The van der Waals surface area contributed by atoms with Gasteiger partial charge in [-0.25, -0.2) is 0 Å². The monoisotopic (exact) mass is 217 g/mol. The quantitative estimate of drug-likeness (QED) is 0.676. The molecular weight excluding hydrogens is 194 g/mol. The zero-order chi connectivity index (χ0) is 11.7. The van der Waals surface area contributed by atoms with Crippen LogP contribution >= 0.6 is 0 Å². The molecule has 1 saturated heterocycles. The summed E-state index contributed by atoms with van der Waals surface area (Å²) in [6, 6.07) is 0. The summed E-state index contributed by atoms with van der Waals surface area (Å²) in [4.78, 5) is 11.4. The second-order valence-corrected chi connectivity index (χ2v) is 3.25. The molecule has 2 unspecified atom stereocenters. The molecule has 0 aromatic heterocycles. The molecule has 0 radical (unpaired) electrons. The van der Waals surface area contributed by atoms with E-state index in [0.717, 1.165) is 13.1 Å². The van der Waals surface area contributed by atoms with Crippen molar-refractivity contribution in [2.24, 2.45) is 5.92 Å². The van der Waals surface area contributed by atoms with Crippen LogP contribution in [0.2, 0.25) is 0 Å². The minimum atomic E-state index is -0.547. The molecule has 1 rings (SSSR count). The van der Waals surface area contributed by atoms with Crippen LogP contribution < -0.4 is 5.32 Å². The fourth-order valence-corrected chi connectivity index (χ4v) is 1.55. The summed E-state index contributed by atoms with van der Waals surface area (Å²) in [6.45, 7) is 7.71. The summed E-state index contributed by atoms with van der Waals surface area (Å²) in [5.74, 6) is -0.603. The SMILES string of the molecule is CC.CCOC(=O)C1CCNCCC1O. The first-order valence-electron chi connectivity index (χ1n) is 5.81. The Kier molecular flexibility index (Phi) is 8.33. The molecule has 2 atom stereocenters. The van der Waals surface area contributed by atoms with Gasteiger partial charge in [0, 0.05) is 0 Å². The molecule has 1 fully saturated rings. The number of carbonyl (C=O) groups excluding carboxylic acids is 1. The van der Waals surface area contributed by atoms with Crippen LogP contribution in [0.15, 0.2) is 0 Å². The zero-order valence-corrected chi connectivity index (χ0v) is 9.95. The van der Waals surface area contributed by atoms with Crippen molar-refractivity contribution in [2.45, 2.75) is 39.7 Å². The Hall–Kier alpha value is -0.610. The highest BCUT2D eigenvalue weighted by Crippen LogP contribution is 2.15. The molecule has 0 aromatic carbocycles. The molecule has 0 aromatic rings. The Labute approximate surface area is 92.0 Å². The lowest BCUT2D eigenvalue weighted by Crippen LogP contribution is -2.29. The molecule has 2 N–H and O–H groups in total. The van der Waals surface area contributed by atoms with Crippen molar-refractivity contribution in [3.8, 4) is 0 Å². The summed E-state index contributed by atoms with van der Waals surface area (Å²) >= 11 is 0. The first-order chi connectivity index (χ1) is 7.25. The van der Waals surface area contributed by atoms with Crippen LogP contribution in [0, 0.1) is 5.92 Å². The summed E-state index contributed by atoms with van der Waals surface area (Å²) in [7, 11) is 0. The number of carbonyl (C=O) groups is 1. The highest BCUT2D eigenvalue weighted by molar-refractivity contribution is 5.73. The van der Waals surface area contributed by atoms with Gasteiger partial charge in [0.2, 0.25) is 0 Å². The van der Waals surface area contributed by atoms with Crippen molar-refractivity contribution in [3.63, 3.8) is 0 Å². The third-order valence-electron chi connectivity index (χ3n) is 2.30. The molecule has 4 nitrogen and oxygen atoms in total. The molecule has 1 aliphatic rings. The fraction of sp³-hybridized carbons (Fsp3) is 0.909. The average Bonchev–Trinajstić information content (AvgIpc) is 2.46. The first kappa shape index (κ1) is 14.4. The zero-order valence-electron chi connectivity index (χ0n) is 9.95. The van der Waals surface area contributed by atoms with Gasteiger partial charge in [0.15, 0.2) is 0 Å². The first-order valence-corrected chi connectivity index (χ1v) is 5.81. The summed E-state index contributed by atoms with van der Waals surface area (Å²) in [6.07, 6.45) is 0.748. The molecule has 4 heteroatoms. The fourth-order valence-electron chi connectivity index (χ4n) is 1.55. The standard InChI is InChI=1S/C9H17NO3.C2H6/c1-2-13-9(12)7-3-5-10-6-4-8(7)11;1-2/h7-8,10-11H,2-6H2,1H3;1-2H3. The van der Waals surface area contributed by atoms with Crippen LogP contribution in [0.3, 0.4) is 0 Å². The predicted molar refractivity (Wildman–Crippen MR) is 59.6 cm³/mol. The summed E-state index contributed by atoms with van der Waals surface area (Å²) < 4.78 is 4.88. The minimum Gasteiger partial charge on any atom is -0.466 e. The van der Waals surface area contributed by atoms with Crippen molar-refractivity contribution in [1.29, 1.82) is 0 Å². The van der Waals surface area contributed by atoms with Crippen molar-refractivity contribution < 1.29 is 14.6 Å². The largest absolute Gasteiger partial charge is 0.466 e. The third-order valence-corrected chi connectivity index (χ3v) is 2.30. The van der Waals surface area contributed by atoms with Gasteiger partial charge in [0.1, 0.15) is 0 Å². The van der Waals surface area contributed by atoms with Crippen LogP contribution in [0.1, 0.15) is 33.6 Å². The number of nitrogens with one attached hydrogen (secondary N) is 1. The van der Waals surface area contributed by atoms with Crippen molar-refractivity contribution in [1.82, 2.24) is 5.32 Å². The molecule has 0 spiro atoms. The number of hydrogen-bond acceptors (Lipinski definition) is 4. The maximum Gasteiger partial charge on any atom is 0.311 e. The van der Waals surface area contributed by atoms with Gasteiger partial charge < -0.3 is 15.2 Å². The van der Waals surface area contributed by atoms with Gasteiger partial charge in [-0.3, -0.25) is 4.79 Å². The minimum absolute atomic E-state index is 0.265. The third kappa shape index (κ3) is 5.14. The number of ether oxygens (including phenoxy) is 1. The second-order valence-electron chi connectivity index (χ2n) is 3.25. The Balaban J connectivity index is 0.000000921. The predicted octanol–water partition coefficient (Wildman–Crippen LogP) is 0.936. The molecule has 0 aliphatic carbocycles. The number of hydrogen-bond donors (Lipinski definition) is 2. The van der Waals surface area contributed by atoms with E-state index in [1.165, 1.54) is 0 Å². The lowest BCUT2D eigenvalue weighted by atomic mass is 9.98. The molecule has 0 saturated carbocycles. The van der Waals surface area contributed by atoms with Gasteiger partial charge in [-0.05, 0) is 32.9 Å². The molecule has 0 bridgehead atoms. The van der Waals surface area contributed by atoms with Crippen LogP contribution in [-0.4, -0.2) is 36.9 Å². The van der Waals surface area contributed by atoms with E-state index in [1.807, 2.05) is 13.8 Å². The number of aliphatic hydroxyl groups excluding tert-OH is 1. The van der Waals surface area contributed by atoms with E-state index in [2.05, 4.69) is 5.32 Å².